The fourth-order valence-corrected chi connectivity index (χ4v) is 1.63. The van der Waals surface area contributed by atoms with Crippen LogP contribution in [0, 0.1) is 0 Å². The standard InChI is InChI=1S/C13H22N3O/c1-3-16(4-2)8-5-9-17-11-12-6-7-13(14)15-10-12/h6-7,10,14H,3-5,8-9,11H2,1-2H3. The predicted molar refractivity (Wildman–Crippen MR) is 69.1 cm³/mol. The van der Waals surface area contributed by atoms with Crippen LogP contribution in [0.15, 0.2) is 18.3 Å². The molecular formula is C13H22N3O. The highest BCUT2D eigenvalue weighted by atomic mass is 16.5. The number of nitrogens with zero attached hydrogens (tertiary/aromatic N) is 2. The van der Waals surface area contributed by atoms with E-state index in [0.29, 0.717) is 12.4 Å². The molecule has 0 atom stereocenters. The fourth-order valence-electron chi connectivity index (χ4n) is 1.63. The van der Waals surface area contributed by atoms with Crippen LogP contribution in [0.2, 0.25) is 0 Å². The van der Waals surface area contributed by atoms with Crippen molar-refractivity contribution in [3.8, 4) is 0 Å². The van der Waals surface area contributed by atoms with Crippen molar-refractivity contribution < 1.29 is 4.74 Å². The lowest BCUT2D eigenvalue weighted by Gasteiger charge is -2.17. The normalized spacial score (nSPS) is 11.0. The summed E-state index contributed by atoms with van der Waals surface area (Å²) in [6, 6.07) is 3.58. The Hall–Kier alpha value is -1.13. The van der Waals surface area contributed by atoms with Gasteiger partial charge in [0.2, 0.25) is 0 Å². The van der Waals surface area contributed by atoms with E-state index in [1.807, 2.05) is 6.07 Å². The number of pyridine rings is 1. The van der Waals surface area contributed by atoms with Gasteiger partial charge in [-0.2, -0.15) is 0 Å². The average Bonchev–Trinajstić information content (AvgIpc) is 2.36. The Morgan fingerprint density at radius 1 is 1.29 bits per heavy atom. The van der Waals surface area contributed by atoms with Crippen LogP contribution in [0.4, 0.5) is 5.82 Å². The zero-order valence-electron chi connectivity index (χ0n) is 10.8. The van der Waals surface area contributed by atoms with E-state index in [-0.39, 0.29) is 0 Å². The van der Waals surface area contributed by atoms with Gasteiger partial charge in [-0.3, -0.25) is 5.73 Å². The number of nitrogens with one attached hydrogen (secondary N) is 1. The number of ether oxygens (including phenoxy) is 1. The van der Waals surface area contributed by atoms with E-state index in [0.717, 1.165) is 38.2 Å². The summed E-state index contributed by atoms with van der Waals surface area (Å²) in [6.07, 6.45) is 2.76. The molecule has 1 N–H and O–H groups in total. The molecule has 0 saturated carbocycles. The molecule has 0 aliphatic heterocycles. The van der Waals surface area contributed by atoms with Crippen LogP contribution in [0.5, 0.6) is 0 Å². The molecule has 1 radical (unpaired) electrons. The predicted octanol–water partition coefficient (Wildman–Crippen LogP) is 2.24. The maximum atomic E-state index is 7.27. The maximum Gasteiger partial charge on any atom is 0.144 e. The highest BCUT2D eigenvalue weighted by Crippen LogP contribution is 2.04. The quantitative estimate of drug-likeness (QED) is 0.650. The molecular weight excluding hydrogens is 214 g/mol. The number of aromatic nitrogens is 1. The molecule has 1 aromatic rings. The second-order valence-corrected chi connectivity index (χ2v) is 3.98. The van der Waals surface area contributed by atoms with Gasteiger partial charge in [0.05, 0.1) is 6.61 Å². The van der Waals surface area contributed by atoms with Crippen molar-refractivity contribution in [1.82, 2.24) is 15.6 Å². The Balaban J connectivity index is 2.10. The SMILES string of the molecule is CCN(CC)CCCOCc1ccc([NH])nc1. The fraction of sp³-hybridized carbons (Fsp3) is 0.615. The molecule has 1 aromatic heterocycles. The van der Waals surface area contributed by atoms with Crippen LogP contribution in [0.1, 0.15) is 25.8 Å². The second-order valence-electron chi connectivity index (χ2n) is 3.98. The molecule has 4 heteroatoms. The molecule has 0 aromatic carbocycles. The van der Waals surface area contributed by atoms with Gasteiger partial charge in [-0.15, -0.1) is 0 Å². The van der Waals surface area contributed by atoms with E-state index in [4.69, 9.17) is 10.5 Å². The lowest BCUT2D eigenvalue weighted by atomic mass is 10.3. The number of rotatable bonds is 8. The molecule has 0 unspecified atom stereocenters. The lowest BCUT2D eigenvalue weighted by Crippen LogP contribution is -2.24. The first-order chi connectivity index (χ1) is 8.26. The van der Waals surface area contributed by atoms with Gasteiger partial charge >= 0.3 is 0 Å². The number of hydrogen-bond acceptors (Lipinski definition) is 3. The van der Waals surface area contributed by atoms with Crippen molar-refractivity contribution >= 4 is 5.82 Å². The van der Waals surface area contributed by atoms with Crippen LogP contribution in [0.25, 0.3) is 0 Å². The minimum atomic E-state index is 0.301. The topological polar surface area (TPSA) is 49.2 Å². The highest BCUT2D eigenvalue weighted by molar-refractivity contribution is 5.25. The summed E-state index contributed by atoms with van der Waals surface area (Å²) >= 11 is 0. The van der Waals surface area contributed by atoms with E-state index < -0.39 is 0 Å². The van der Waals surface area contributed by atoms with Gasteiger partial charge in [0.15, 0.2) is 0 Å². The molecule has 1 rings (SSSR count). The summed E-state index contributed by atoms with van der Waals surface area (Å²) < 4.78 is 5.57. The van der Waals surface area contributed by atoms with Crippen molar-refractivity contribution in [1.29, 1.82) is 0 Å². The summed E-state index contributed by atoms with van der Waals surface area (Å²) in [5.41, 5.74) is 8.30. The molecule has 0 fully saturated rings. The first kappa shape index (κ1) is 13.9. The molecule has 1 heterocycles. The second kappa shape index (κ2) is 8.03. The zero-order valence-corrected chi connectivity index (χ0v) is 10.8. The molecule has 0 amide bonds. The molecule has 0 spiro atoms. The Labute approximate surface area is 104 Å². The van der Waals surface area contributed by atoms with Crippen molar-refractivity contribution in [3.05, 3.63) is 23.9 Å². The van der Waals surface area contributed by atoms with Gasteiger partial charge in [0.25, 0.3) is 0 Å². The lowest BCUT2D eigenvalue weighted by molar-refractivity contribution is 0.109. The van der Waals surface area contributed by atoms with E-state index in [2.05, 4.69) is 23.7 Å². The van der Waals surface area contributed by atoms with Gasteiger partial charge in [0, 0.05) is 19.3 Å². The van der Waals surface area contributed by atoms with E-state index >= 15 is 0 Å². The molecule has 4 nitrogen and oxygen atoms in total. The van der Waals surface area contributed by atoms with Crippen LogP contribution < -0.4 is 5.73 Å². The minimum absolute atomic E-state index is 0.301. The van der Waals surface area contributed by atoms with Gasteiger partial charge < -0.3 is 9.64 Å². The van der Waals surface area contributed by atoms with Gasteiger partial charge in [-0.1, -0.05) is 19.9 Å². The van der Waals surface area contributed by atoms with Crippen molar-refractivity contribution in [2.24, 2.45) is 0 Å². The van der Waals surface area contributed by atoms with E-state index in [1.165, 1.54) is 0 Å². The van der Waals surface area contributed by atoms with E-state index in [1.54, 1.807) is 12.3 Å². The Morgan fingerprint density at radius 2 is 2.06 bits per heavy atom. The van der Waals surface area contributed by atoms with Crippen LogP contribution in [-0.2, 0) is 11.3 Å². The third kappa shape index (κ3) is 5.65. The first-order valence-electron chi connectivity index (χ1n) is 6.22. The molecule has 0 aliphatic rings. The van der Waals surface area contributed by atoms with Crippen molar-refractivity contribution in [2.75, 3.05) is 26.2 Å². The van der Waals surface area contributed by atoms with Crippen molar-refractivity contribution in [3.63, 3.8) is 0 Å². The summed E-state index contributed by atoms with van der Waals surface area (Å²) in [5.74, 6) is 0.301. The molecule has 95 valence electrons. The number of hydrogen-bond donors (Lipinski definition) is 0. The maximum absolute atomic E-state index is 7.27. The third-order valence-electron chi connectivity index (χ3n) is 2.75. The summed E-state index contributed by atoms with van der Waals surface area (Å²) in [5, 5.41) is 0. The monoisotopic (exact) mass is 236 g/mol. The van der Waals surface area contributed by atoms with Gasteiger partial charge in [-0.05, 0) is 31.1 Å². The van der Waals surface area contributed by atoms with Crippen LogP contribution in [0.3, 0.4) is 0 Å². The van der Waals surface area contributed by atoms with Gasteiger partial charge in [-0.25, -0.2) is 4.98 Å². The molecule has 0 saturated heterocycles. The Kier molecular flexibility index (Phi) is 6.58. The average molecular weight is 236 g/mol. The van der Waals surface area contributed by atoms with Crippen LogP contribution >= 0.6 is 0 Å². The summed E-state index contributed by atoms with van der Waals surface area (Å²) in [7, 11) is 0. The Morgan fingerprint density at radius 3 is 2.65 bits per heavy atom. The van der Waals surface area contributed by atoms with Gasteiger partial charge in [0.1, 0.15) is 5.82 Å². The molecule has 17 heavy (non-hydrogen) atoms. The molecule has 0 bridgehead atoms. The summed E-state index contributed by atoms with van der Waals surface area (Å²) in [6.45, 7) is 9.02. The third-order valence-corrected chi connectivity index (χ3v) is 2.75. The highest BCUT2D eigenvalue weighted by Gasteiger charge is 1.99. The first-order valence-corrected chi connectivity index (χ1v) is 6.22. The van der Waals surface area contributed by atoms with Crippen molar-refractivity contribution in [2.45, 2.75) is 26.9 Å². The Bertz CT molecular complexity index is 296. The smallest absolute Gasteiger partial charge is 0.144 e. The minimum Gasteiger partial charge on any atom is -0.377 e. The largest absolute Gasteiger partial charge is 0.377 e. The van der Waals surface area contributed by atoms with Crippen LogP contribution in [-0.4, -0.2) is 36.1 Å². The molecule has 0 aliphatic carbocycles. The zero-order chi connectivity index (χ0) is 12.5. The summed E-state index contributed by atoms with van der Waals surface area (Å²) in [4.78, 5) is 6.30. The van der Waals surface area contributed by atoms with E-state index in [9.17, 15) is 0 Å².